The number of rotatable bonds is 8. The molecular weight excluding hydrogens is 436 g/mol. The van der Waals surface area contributed by atoms with Gasteiger partial charge in [-0.2, -0.15) is 0 Å². The summed E-state index contributed by atoms with van der Waals surface area (Å²) in [6.45, 7) is 5.91. The second kappa shape index (κ2) is 10.4. The number of aryl methyl sites for hydroxylation is 1. The summed E-state index contributed by atoms with van der Waals surface area (Å²) >= 11 is 0. The summed E-state index contributed by atoms with van der Waals surface area (Å²) in [6.07, 6.45) is 0.115. The zero-order valence-electron chi connectivity index (χ0n) is 19.0. The first kappa shape index (κ1) is 24.2. The van der Waals surface area contributed by atoms with E-state index in [2.05, 4.69) is 5.32 Å². The van der Waals surface area contributed by atoms with Crippen LogP contribution in [0.15, 0.2) is 77.7 Å². The standard InChI is InChI=1S/C26H28N2O4S/c1-4-28(22-9-7-6-8-10-22)26(30)21-13-16-24(19(3)17-21)27-25(29)18-20-11-14-23(15-12-20)33(31,32)5-2/h6-17H,4-5,18H2,1-3H3,(H,27,29). The Balaban J connectivity index is 1.69. The Morgan fingerprint density at radius 3 is 2.15 bits per heavy atom. The average Bonchev–Trinajstić information content (AvgIpc) is 2.82. The number of sulfone groups is 1. The van der Waals surface area contributed by atoms with Crippen LogP contribution in [0.2, 0.25) is 0 Å². The van der Waals surface area contributed by atoms with Gasteiger partial charge in [-0.15, -0.1) is 0 Å². The molecule has 0 aliphatic rings. The summed E-state index contributed by atoms with van der Waals surface area (Å²) < 4.78 is 23.8. The number of para-hydroxylation sites is 1. The van der Waals surface area contributed by atoms with Crippen molar-refractivity contribution in [1.29, 1.82) is 0 Å². The maximum atomic E-state index is 13.0. The number of nitrogens with zero attached hydrogens (tertiary/aromatic N) is 1. The number of nitrogens with one attached hydrogen (secondary N) is 1. The third kappa shape index (κ3) is 5.87. The van der Waals surface area contributed by atoms with Gasteiger partial charge in [0.25, 0.3) is 5.91 Å². The molecule has 172 valence electrons. The summed E-state index contributed by atoms with van der Waals surface area (Å²) in [4.78, 5) is 27.5. The first-order valence-electron chi connectivity index (χ1n) is 10.8. The topological polar surface area (TPSA) is 83.6 Å². The van der Waals surface area contributed by atoms with Gasteiger partial charge in [-0.1, -0.05) is 37.3 Å². The van der Waals surface area contributed by atoms with Crippen molar-refractivity contribution in [2.24, 2.45) is 0 Å². The Bertz CT molecular complexity index is 1240. The zero-order valence-corrected chi connectivity index (χ0v) is 19.9. The molecule has 0 aliphatic carbocycles. The molecule has 1 N–H and O–H groups in total. The Morgan fingerprint density at radius 2 is 1.58 bits per heavy atom. The average molecular weight is 465 g/mol. The number of hydrogen-bond acceptors (Lipinski definition) is 4. The third-order valence-corrected chi connectivity index (χ3v) is 7.15. The lowest BCUT2D eigenvalue weighted by Crippen LogP contribution is -2.30. The largest absolute Gasteiger partial charge is 0.326 e. The Labute approximate surface area is 195 Å². The van der Waals surface area contributed by atoms with E-state index in [4.69, 9.17) is 0 Å². The molecule has 0 aromatic heterocycles. The van der Waals surface area contributed by atoms with Crippen molar-refractivity contribution in [2.75, 3.05) is 22.5 Å². The van der Waals surface area contributed by atoms with Crippen LogP contribution in [-0.2, 0) is 21.1 Å². The Kier molecular flexibility index (Phi) is 7.66. The van der Waals surface area contributed by atoms with E-state index in [-0.39, 0.29) is 28.9 Å². The van der Waals surface area contributed by atoms with Gasteiger partial charge >= 0.3 is 0 Å². The maximum Gasteiger partial charge on any atom is 0.258 e. The highest BCUT2D eigenvalue weighted by Crippen LogP contribution is 2.21. The van der Waals surface area contributed by atoms with Crippen LogP contribution in [-0.4, -0.2) is 32.5 Å². The van der Waals surface area contributed by atoms with Crippen molar-refractivity contribution in [2.45, 2.75) is 32.1 Å². The van der Waals surface area contributed by atoms with E-state index in [0.29, 0.717) is 23.4 Å². The molecule has 0 saturated heterocycles. The van der Waals surface area contributed by atoms with E-state index in [1.807, 2.05) is 44.2 Å². The van der Waals surface area contributed by atoms with E-state index < -0.39 is 9.84 Å². The molecule has 0 unspecified atom stereocenters. The molecule has 3 rings (SSSR count). The monoisotopic (exact) mass is 464 g/mol. The highest BCUT2D eigenvalue weighted by Gasteiger charge is 2.17. The minimum atomic E-state index is -3.27. The summed E-state index contributed by atoms with van der Waals surface area (Å²) in [5, 5.41) is 2.87. The molecule has 0 bridgehead atoms. The van der Waals surface area contributed by atoms with Gasteiger partial charge in [0.2, 0.25) is 5.91 Å². The zero-order chi connectivity index (χ0) is 24.0. The Hall–Kier alpha value is -3.45. The molecule has 6 nitrogen and oxygen atoms in total. The Morgan fingerprint density at radius 1 is 0.909 bits per heavy atom. The van der Waals surface area contributed by atoms with Crippen LogP contribution in [0.5, 0.6) is 0 Å². The minimum absolute atomic E-state index is 0.0337. The number of hydrogen-bond donors (Lipinski definition) is 1. The van der Waals surface area contributed by atoms with Crippen molar-refractivity contribution < 1.29 is 18.0 Å². The van der Waals surface area contributed by atoms with Crippen LogP contribution in [0.3, 0.4) is 0 Å². The maximum absolute atomic E-state index is 13.0. The van der Waals surface area contributed by atoms with Gasteiger partial charge in [-0.3, -0.25) is 9.59 Å². The van der Waals surface area contributed by atoms with Gasteiger partial charge in [0, 0.05) is 23.5 Å². The summed E-state index contributed by atoms with van der Waals surface area (Å²) in [5.74, 6) is -0.291. The molecule has 3 aromatic rings. The molecule has 0 aliphatic heterocycles. The summed E-state index contributed by atoms with van der Waals surface area (Å²) in [6, 6.07) is 21.1. The van der Waals surface area contributed by atoms with Crippen LogP contribution in [0, 0.1) is 6.92 Å². The quantitative estimate of drug-likeness (QED) is 0.527. The fourth-order valence-electron chi connectivity index (χ4n) is 3.51. The van der Waals surface area contributed by atoms with Gasteiger partial charge in [0.05, 0.1) is 17.1 Å². The predicted molar refractivity (Wildman–Crippen MR) is 131 cm³/mol. The molecule has 0 heterocycles. The molecule has 0 spiro atoms. The van der Waals surface area contributed by atoms with Gasteiger partial charge in [0.15, 0.2) is 9.84 Å². The molecule has 0 saturated carbocycles. The molecule has 0 atom stereocenters. The second-order valence-electron chi connectivity index (χ2n) is 7.69. The molecular formula is C26H28N2O4S. The van der Waals surface area contributed by atoms with Crippen LogP contribution < -0.4 is 10.2 Å². The molecule has 33 heavy (non-hydrogen) atoms. The lowest BCUT2D eigenvalue weighted by Gasteiger charge is -2.21. The van der Waals surface area contributed by atoms with Crippen molar-refractivity contribution in [3.8, 4) is 0 Å². The molecule has 0 radical (unpaired) electrons. The van der Waals surface area contributed by atoms with E-state index in [0.717, 1.165) is 11.3 Å². The lowest BCUT2D eigenvalue weighted by molar-refractivity contribution is -0.115. The SMILES string of the molecule is CCN(C(=O)c1ccc(NC(=O)Cc2ccc(S(=O)(=O)CC)cc2)c(C)c1)c1ccccc1. The van der Waals surface area contributed by atoms with E-state index in [1.165, 1.54) is 12.1 Å². The lowest BCUT2D eigenvalue weighted by atomic mass is 10.1. The van der Waals surface area contributed by atoms with Crippen LogP contribution in [0.25, 0.3) is 0 Å². The van der Waals surface area contributed by atoms with Gasteiger partial charge in [-0.05, 0) is 67.4 Å². The van der Waals surface area contributed by atoms with Crippen molar-refractivity contribution >= 4 is 33.0 Å². The molecule has 0 fully saturated rings. The first-order valence-corrected chi connectivity index (χ1v) is 12.5. The number of carbonyl (C=O) groups is 2. The number of benzene rings is 3. The van der Waals surface area contributed by atoms with Gasteiger partial charge in [0.1, 0.15) is 0 Å². The highest BCUT2D eigenvalue weighted by atomic mass is 32.2. The van der Waals surface area contributed by atoms with Gasteiger partial charge < -0.3 is 10.2 Å². The highest BCUT2D eigenvalue weighted by molar-refractivity contribution is 7.91. The van der Waals surface area contributed by atoms with E-state index in [1.54, 1.807) is 42.2 Å². The number of amides is 2. The van der Waals surface area contributed by atoms with Crippen LogP contribution in [0.1, 0.15) is 35.3 Å². The molecule has 7 heteroatoms. The second-order valence-corrected chi connectivity index (χ2v) is 9.97. The van der Waals surface area contributed by atoms with Crippen molar-refractivity contribution in [1.82, 2.24) is 0 Å². The summed E-state index contributed by atoms with van der Waals surface area (Å²) in [7, 11) is -3.27. The smallest absolute Gasteiger partial charge is 0.258 e. The number of anilines is 2. The third-order valence-electron chi connectivity index (χ3n) is 5.40. The predicted octanol–water partition coefficient (Wildman–Crippen LogP) is 4.64. The van der Waals surface area contributed by atoms with Crippen LogP contribution >= 0.6 is 0 Å². The van der Waals surface area contributed by atoms with E-state index in [9.17, 15) is 18.0 Å². The van der Waals surface area contributed by atoms with Crippen molar-refractivity contribution in [3.05, 3.63) is 89.5 Å². The van der Waals surface area contributed by atoms with Crippen LogP contribution in [0.4, 0.5) is 11.4 Å². The minimum Gasteiger partial charge on any atom is -0.326 e. The van der Waals surface area contributed by atoms with Gasteiger partial charge in [-0.25, -0.2) is 8.42 Å². The fraction of sp³-hybridized carbons (Fsp3) is 0.231. The summed E-state index contributed by atoms with van der Waals surface area (Å²) in [5.41, 5.74) is 3.50. The number of carbonyl (C=O) groups excluding carboxylic acids is 2. The fourth-order valence-corrected chi connectivity index (χ4v) is 4.39. The van der Waals surface area contributed by atoms with E-state index >= 15 is 0 Å². The van der Waals surface area contributed by atoms with Crippen molar-refractivity contribution in [3.63, 3.8) is 0 Å². The molecule has 2 amide bonds. The first-order chi connectivity index (χ1) is 15.7. The normalized spacial score (nSPS) is 11.1. The molecule has 3 aromatic carbocycles.